The number of rotatable bonds is 3. The number of amides is 2. The molecule has 5 nitrogen and oxygen atoms in total. The van der Waals surface area contributed by atoms with Gasteiger partial charge < -0.3 is 14.5 Å². The lowest BCUT2D eigenvalue weighted by Gasteiger charge is -2.40. The van der Waals surface area contributed by atoms with Gasteiger partial charge in [0.25, 0.3) is 5.91 Å². The van der Waals surface area contributed by atoms with Crippen LogP contribution in [0.25, 0.3) is 0 Å². The van der Waals surface area contributed by atoms with Crippen LogP contribution >= 0.6 is 0 Å². The van der Waals surface area contributed by atoms with Gasteiger partial charge in [-0.25, -0.2) is 0 Å². The Kier molecular flexibility index (Phi) is 8.69. The summed E-state index contributed by atoms with van der Waals surface area (Å²) in [6, 6.07) is 7.76. The molecule has 1 heterocycles. The number of hydrogen-bond acceptors (Lipinski definition) is 3. The van der Waals surface area contributed by atoms with E-state index in [1.165, 1.54) is 25.7 Å². The second-order valence-corrected chi connectivity index (χ2v) is 10.4. The molecular weight excluding hydrogens is 412 g/mol. The fourth-order valence-electron chi connectivity index (χ4n) is 6.02. The summed E-state index contributed by atoms with van der Waals surface area (Å²) in [4.78, 5) is 30.6. The Morgan fingerprint density at radius 2 is 1.61 bits per heavy atom. The molecule has 1 aromatic carbocycles. The van der Waals surface area contributed by atoms with Gasteiger partial charge in [-0.15, -0.1) is 0 Å². The highest BCUT2D eigenvalue weighted by Gasteiger charge is 2.35. The second-order valence-electron chi connectivity index (χ2n) is 10.4. The first-order valence-electron chi connectivity index (χ1n) is 13.4. The van der Waals surface area contributed by atoms with Crippen LogP contribution < -0.4 is 4.74 Å². The molecule has 2 aliphatic carbocycles. The normalized spacial score (nSPS) is 25.7. The summed E-state index contributed by atoms with van der Waals surface area (Å²) in [5.41, 5.74) is 0.639. The molecule has 0 saturated heterocycles. The zero-order valence-electron chi connectivity index (χ0n) is 20.5. The van der Waals surface area contributed by atoms with Gasteiger partial charge in [0.1, 0.15) is 11.9 Å². The van der Waals surface area contributed by atoms with E-state index in [-0.39, 0.29) is 18.1 Å². The maximum Gasteiger partial charge on any atom is 0.257 e. The molecule has 0 spiro atoms. The number of benzene rings is 1. The van der Waals surface area contributed by atoms with Gasteiger partial charge >= 0.3 is 0 Å². The third kappa shape index (κ3) is 6.30. The summed E-state index contributed by atoms with van der Waals surface area (Å²) in [7, 11) is 1.89. The van der Waals surface area contributed by atoms with E-state index in [9.17, 15) is 9.59 Å². The van der Waals surface area contributed by atoms with Crippen molar-refractivity contribution in [2.75, 3.05) is 20.1 Å². The highest BCUT2D eigenvalue weighted by atomic mass is 16.5. The Bertz CT molecular complexity index is 789. The van der Waals surface area contributed by atoms with E-state index in [1.54, 1.807) is 0 Å². The van der Waals surface area contributed by atoms with Gasteiger partial charge in [-0.1, -0.05) is 57.1 Å². The highest BCUT2D eigenvalue weighted by Crippen LogP contribution is 2.32. The number of fused-ring (bicyclic) bond motifs is 2. The van der Waals surface area contributed by atoms with E-state index in [1.807, 2.05) is 36.2 Å². The van der Waals surface area contributed by atoms with Gasteiger partial charge in [0.05, 0.1) is 11.6 Å². The summed E-state index contributed by atoms with van der Waals surface area (Å²) in [5.74, 6) is 1.75. The predicted molar refractivity (Wildman–Crippen MR) is 131 cm³/mol. The Hall–Kier alpha value is -2.04. The SMILES string of the molecule is CN1CCCCCCN(C(=O)CCC2CCCC2)[C@@H]2CCCC[C@@H]2Oc2ccccc2C1=O. The number of carbonyl (C=O) groups is 2. The molecule has 182 valence electrons. The third-order valence-corrected chi connectivity index (χ3v) is 8.01. The molecule has 33 heavy (non-hydrogen) atoms. The molecule has 4 rings (SSSR count). The second kappa shape index (κ2) is 11.9. The molecule has 0 bridgehead atoms. The molecule has 2 amide bonds. The topological polar surface area (TPSA) is 49.9 Å². The van der Waals surface area contributed by atoms with Crippen LogP contribution in [0.15, 0.2) is 24.3 Å². The van der Waals surface area contributed by atoms with Gasteiger partial charge in [-0.05, 0) is 56.6 Å². The van der Waals surface area contributed by atoms with Crippen molar-refractivity contribution in [1.29, 1.82) is 0 Å². The molecule has 2 atom stereocenters. The zero-order valence-corrected chi connectivity index (χ0v) is 20.5. The number of carbonyl (C=O) groups excluding carboxylic acids is 2. The van der Waals surface area contributed by atoms with E-state index in [2.05, 4.69) is 4.90 Å². The van der Waals surface area contributed by atoms with Gasteiger partial charge in [0.2, 0.25) is 5.91 Å². The molecule has 0 radical (unpaired) electrons. The lowest BCUT2D eigenvalue weighted by molar-refractivity contribution is -0.137. The predicted octanol–water partition coefficient (Wildman–Crippen LogP) is 5.82. The van der Waals surface area contributed by atoms with E-state index in [0.717, 1.165) is 76.8 Å². The van der Waals surface area contributed by atoms with Crippen LogP contribution in [0, 0.1) is 5.92 Å². The van der Waals surface area contributed by atoms with Crippen molar-refractivity contribution in [2.45, 2.75) is 102 Å². The molecule has 2 fully saturated rings. The average Bonchev–Trinajstić information content (AvgIpc) is 3.36. The molecule has 3 aliphatic rings. The van der Waals surface area contributed by atoms with E-state index < -0.39 is 0 Å². The smallest absolute Gasteiger partial charge is 0.257 e. The Morgan fingerprint density at radius 1 is 0.909 bits per heavy atom. The van der Waals surface area contributed by atoms with Gasteiger partial charge in [0.15, 0.2) is 0 Å². The minimum absolute atomic E-state index is 0.0273. The lowest BCUT2D eigenvalue weighted by atomic mass is 9.90. The molecule has 5 heteroatoms. The fraction of sp³-hybridized carbons (Fsp3) is 0.714. The van der Waals surface area contributed by atoms with Crippen molar-refractivity contribution in [3.63, 3.8) is 0 Å². The molecular formula is C28H42N2O3. The minimum Gasteiger partial charge on any atom is -0.487 e. The summed E-state index contributed by atoms with van der Waals surface area (Å²) >= 11 is 0. The average molecular weight is 455 g/mol. The molecule has 0 aromatic heterocycles. The molecule has 1 aromatic rings. The third-order valence-electron chi connectivity index (χ3n) is 8.01. The summed E-state index contributed by atoms with van der Waals surface area (Å²) in [5, 5.41) is 0. The first kappa shape index (κ1) is 24.1. The van der Waals surface area contributed by atoms with E-state index in [0.29, 0.717) is 23.6 Å². The van der Waals surface area contributed by atoms with E-state index >= 15 is 0 Å². The zero-order chi connectivity index (χ0) is 23.0. The largest absolute Gasteiger partial charge is 0.487 e. The van der Waals surface area contributed by atoms with Crippen molar-refractivity contribution in [1.82, 2.24) is 9.80 Å². The summed E-state index contributed by atoms with van der Waals surface area (Å²) in [6.45, 7) is 1.59. The van der Waals surface area contributed by atoms with Crippen LogP contribution in [0.2, 0.25) is 0 Å². The summed E-state index contributed by atoms with van der Waals surface area (Å²) in [6.07, 6.45) is 15.3. The maximum absolute atomic E-state index is 13.5. The molecule has 0 N–H and O–H groups in total. The maximum atomic E-state index is 13.5. The Labute approximate surface area is 199 Å². The van der Waals surface area contributed by atoms with Crippen molar-refractivity contribution >= 4 is 11.8 Å². The van der Waals surface area contributed by atoms with Crippen molar-refractivity contribution in [3.05, 3.63) is 29.8 Å². The number of hydrogen-bond donors (Lipinski definition) is 0. The quantitative estimate of drug-likeness (QED) is 0.578. The van der Waals surface area contributed by atoms with Gasteiger partial charge in [0, 0.05) is 26.6 Å². The highest BCUT2D eigenvalue weighted by molar-refractivity contribution is 5.96. The molecule has 0 unspecified atom stereocenters. The Morgan fingerprint density at radius 3 is 2.42 bits per heavy atom. The number of para-hydroxylation sites is 1. The monoisotopic (exact) mass is 454 g/mol. The Balaban J connectivity index is 1.55. The van der Waals surface area contributed by atoms with Crippen LogP contribution in [0.3, 0.4) is 0 Å². The molecule has 1 aliphatic heterocycles. The van der Waals surface area contributed by atoms with Crippen molar-refractivity contribution < 1.29 is 14.3 Å². The van der Waals surface area contributed by atoms with Crippen LogP contribution in [0.5, 0.6) is 5.75 Å². The lowest BCUT2D eigenvalue weighted by Crippen LogP contribution is -2.51. The standard InChI is InChI=1S/C28H42N2O3/c1-29-20-10-2-3-11-21-30(27(31)19-18-22-12-4-5-13-22)24-15-7-9-17-26(24)33-25-16-8-6-14-23(25)28(29)32/h6,8,14,16,22,24,26H,2-5,7,9-13,15,17-21H2,1H3/t24-,26+/m1/s1. The van der Waals surface area contributed by atoms with Crippen LogP contribution in [-0.2, 0) is 4.79 Å². The van der Waals surface area contributed by atoms with Gasteiger partial charge in [-0.3, -0.25) is 9.59 Å². The van der Waals surface area contributed by atoms with Crippen LogP contribution in [0.1, 0.15) is 100 Å². The minimum atomic E-state index is -0.0450. The van der Waals surface area contributed by atoms with Crippen LogP contribution in [-0.4, -0.2) is 53.9 Å². The van der Waals surface area contributed by atoms with Crippen LogP contribution in [0.4, 0.5) is 0 Å². The number of nitrogens with zero attached hydrogens (tertiary/aromatic N) is 2. The first-order valence-corrected chi connectivity index (χ1v) is 13.4. The van der Waals surface area contributed by atoms with Crippen molar-refractivity contribution in [2.24, 2.45) is 5.92 Å². The van der Waals surface area contributed by atoms with Crippen molar-refractivity contribution in [3.8, 4) is 5.75 Å². The number of ether oxygens (including phenoxy) is 1. The van der Waals surface area contributed by atoms with E-state index in [4.69, 9.17) is 4.74 Å². The van der Waals surface area contributed by atoms with Gasteiger partial charge in [-0.2, -0.15) is 0 Å². The fourth-order valence-corrected chi connectivity index (χ4v) is 6.02. The first-order chi connectivity index (χ1) is 16.1. The summed E-state index contributed by atoms with van der Waals surface area (Å²) < 4.78 is 6.58. The molecule has 2 saturated carbocycles.